The lowest BCUT2D eigenvalue weighted by Gasteiger charge is -2.40. The van der Waals surface area contributed by atoms with Gasteiger partial charge in [0.1, 0.15) is 0 Å². The van der Waals surface area contributed by atoms with E-state index in [9.17, 15) is 4.79 Å². The van der Waals surface area contributed by atoms with Crippen LogP contribution in [0.25, 0.3) is 0 Å². The maximum Gasteiger partial charge on any atom is 0.227 e. The summed E-state index contributed by atoms with van der Waals surface area (Å²) in [6.45, 7) is 1.84. The monoisotopic (exact) mass is 328 g/mol. The summed E-state index contributed by atoms with van der Waals surface area (Å²) < 4.78 is 11.3. The van der Waals surface area contributed by atoms with Crippen molar-refractivity contribution >= 4 is 5.91 Å². The van der Waals surface area contributed by atoms with E-state index in [2.05, 4.69) is 6.07 Å². The van der Waals surface area contributed by atoms with Gasteiger partial charge < -0.3 is 14.4 Å². The molecule has 2 aliphatic rings. The number of amides is 1. The van der Waals surface area contributed by atoms with E-state index in [1.165, 1.54) is 0 Å². The predicted molar refractivity (Wildman–Crippen MR) is 89.3 cm³/mol. The zero-order valence-corrected chi connectivity index (χ0v) is 14.1. The fourth-order valence-electron chi connectivity index (χ4n) is 3.95. The molecule has 24 heavy (non-hydrogen) atoms. The lowest BCUT2D eigenvalue weighted by Crippen LogP contribution is -2.54. The van der Waals surface area contributed by atoms with Crippen molar-refractivity contribution in [1.82, 2.24) is 4.90 Å². The Kier molecular flexibility index (Phi) is 5.49. The van der Waals surface area contributed by atoms with Gasteiger partial charge >= 0.3 is 0 Å². The summed E-state index contributed by atoms with van der Waals surface area (Å²) in [6, 6.07) is 9.45. The summed E-state index contributed by atoms with van der Waals surface area (Å²) in [5.74, 6) is 0.495. The molecule has 1 aliphatic heterocycles. The van der Waals surface area contributed by atoms with E-state index in [0.29, 0.717) is 37.7 Å². The van der Waals surface area contributed by atoms with Crippen LogP contribution in [0, 0.1) is 17.2 Å². The highest BCUT2D eigenvalue weighted by atomic mass is 16.5. The zero-order valence-electron chi connectivity index (χ0n) is 14.1. The maximum absolute atomic E-state index is 12.8. The third kappa shape index (κ3) is 3.61. The molecule has 1 saturated carbocycles. The van der Waals surface area contributed by atoms with Gasteiger partial charge in [-0.1, -0.05) is 18.6 Å². The molecule has 3 atom stereocenters. The highest BCUT2D eigenvalue weighted by Crippen LogP contribution is 2.34. The van der Waals surface area contributed by atoms with Crippen molar-refractivity contribution in [3.8, 4) is 6.07 Å². The second-order valence-electron chi connectivity index (χ2n) is 6.58. The molecule has 3 rings (SSSR count). The van der Waals surface area contributed by atoms with E-state index in [1.807, 2.05) is 17.0 Å². The smallest absolute Gasteiger partial charge is 0.227 e. The highest BCUT2D eigenvalue weighted by Gasteiger charge is 2.40. The first-order chi connectivity index (χ1) is 11.7. The van der Waals surface area contributed by atoms with Crippen molar-refractivity contribution < 1.29 is 14.3 Å². The molecule has 128 valence electrons. The normalized spacial score (nSPS) is 27.0. The summed E-state index contributed by atoms with van der Waals surface area (Å²) >= 11 is 0. The molecule has 1 heterocycles. The molecule has 1 aromatic rings. The largest absolute Gasteiger partial charge is 0.381 e. The second kappa shape index (κ2) is 7.78. The fourth-order valence-corrected chi connectivity index (χ4v) is 3.95. The molecular weight excluding hydrogens is 304 g/mol. The van der Waals surface area contributed by atoms with Gasteiger partial charge in [-0.05, 0) is 30.5 Å². The summed E-state index contributed by atoms with van der Waals surface area (Å²) in [7, 11) is 1.76. The van der Waals surface area contributed by atoms with Crippen LogP contribution in [0.3, 0.4) is 0 Å². The van der Waals surface area contributed by atoms with E-state index in [4.69, 9.17) is 14.7 Å². The minimum Gasteiger partial charge on any atom is -0.381 e. The van der Waals surface area contributed by atoms with Gasteiger partial charge in [0, 0.05) is 19.6 Å². The number of hydrogen-bond donors (Lipinski definition) is 0. The van der Waals surface area contributed by atoms with Crippen molar-refractivity contribution in [3.05, 3.63) is 35.4 Å². The Labute approximate surface area is 143 Å². The van der Waals surface area contributed by atoms with Gasteiger partial charge in [0.15, 0.2) is 0 Å². The van der Waals surface area contributed by atoms with E-state index >= 15 is 0 Å². The number of rotatable bonds is 4. The van der Waals surface area contributed by atoms with Gasteiger partial charge in [-0.15, -0.1) is 0 Å². The van der Waals surface area contributed by atoms with Crippen molar-refractivity contribution in [2.45, 2.75) is 37.8 Å². The van der Waals surface area contributed by atoms with Crippen LogP contribution in [0.4, 0.5) is 0 Å². The summed E-state index contributed by atoms with van der Waals surface area (Å²) in [4.78, 5) is 14.8. The van der Waals surface area contributed by atoms with Crippen molar-refractivity contribution in [2.75, 3.05) is 26.9 Å². The molecule has 2 fully saturated rings. The number of morpholine rings is 1. The Hall–Kier alpha value is -1.90. The van der Waals surface area contributed by atoms with Crippen LogP contribution >= 0.6 is 0 Å². The zero-order chi connectivity index (χ0) is 16.9. The van der Waals surface area contributed by atoms with Gasteiger partial charge in [-0.3, -0.25) is 4.79 Å². The maximum atomic E-state index is 12.8. The van der Waals surface area contributed by atoms with Crippen molar-refractivity contribution in [3.63, 3.8) is 0 Å². The first kappa shape index (κ1) is 16.9. The first-order valence-electron chi connectivity index (χ1n) is 8.62. The Bertz CT molecular complexity index is 608. The van der Waals surface area contributed by atoms with Crippen LogP contribution in [-0.4, -0.2) is 49.8 Å². The number of methoxy groups -OCH3 is 1. The first-order valence-corrected chi connectivity index (χ1v) is 8.62. The number of benzene rings is 1. The van der Waals surface area contributed by atoms with Gasteiger partial charge in [-0.25, -0.2) is 0 Å². The van der Waals surface area contributed by atoms with Crippen LogP contribution in [0.2, 0.25) is 0 Å². The summed E-state index contributed by atoms with van der Waals surface area (Å²) in [5.41, 5.74) is 1.56. The average molecular weight is 328 g/mol. The van der Waals surface area contributed by atoms with Gasteiger partial charge in [0.25, 0.3) is 0 Å². The Morgan fingerprint density at radius 3 is 2.88 bits per heavy atom. The summed E-state index contributed by atoms with van der Waals surface area (Å²) in [6.07, 6.45) is 3.90. The number of ether oxygens (including phenoxy) is 2. The quantitative estimate of drug-likeness (QED) is 0.849. The Balaban J connectivity index is 1.70. The van der Waals surface area contributed by atoms with Crippen LogP contribution in [-0.2, 0) is 20.7 Å². The number of carbonyl (C=O) groups excluding carboxylic acids is 1. The van der Waals surface area contributed by atoms with Crippen LogP contribution in [0.15, 0.2) is 24.3 Å². The topological polar surface area (TPSA) is 62.6 Å². The number of nitrogens with zero attached hydrogens (tertiary/aromatic N) is 2. The fraction of sp³-hybridized carbons (Fsp3) is 0.579. The Morgan fingerprint density at radius 2 is 2.17 bits per heavy atom. The molecule has 0 N–H and O–H groups in total. The molecule has 0 aromatic heterocycles. The molecule has 1 amide bonds. The molecule has 0 bridgehead atoms. The third-order valence-electron chi connectivity index (χ3n) is 5.22. The molecule has 5 nitrogen and oxygen atoms in total. The van der Waals surface area contributed by atoms with Crippen LogP contribution in [0.1, 0.15) is 30.4 Å². The van der Waals surface area contributed by atoms with Crippen LogP contribution in [0.5, 0.6) is 0 Å². The second-order valence-corrected chi connectivity index (χ2v) is 6.58. The molecule has 1 aromatic carbocycles. The highest BCUT2D eigenvalue weighted by molar-refractivity contribution is 5.79. The standard InChI is InChI=1S/C19H24N2O3/c1-23-18-4-2-3-16(18)17-13-24-10-9-21(17)19(22)11-14-5-7-15(12-20)8-6-14/h5-8,16-18H,2-4,9-11,13H2,1H3/t16-,17+,18+/m0/s1. The van der Waals surface area contributed by atoms with Gasteiger partial charge in [0.05, 0.1) is 43.4 Å². The van der Waals surface area contributed by atoms with Crippen molar-refractivity contribution in [1.29, 1.82) is 5.26 Å². The number of carbonyl (C=O) groups is 1. The predicted octanol–water partition coefficient (Wildman–Crippen LogP) is 2.14. The van der Waals surface area contributed by atoms with E-state index in [1.54, 1.807) is 19.2 Å². The van der Waals surface area contributed by atoms with Gasteiger partial charge in [-0.2, -0.15) is 5.26 Å². The summed E-state index contributed by atoms with van der Waals surface area (Å²) in [5, 5.41) is 8.87. The number of nitriles is 1. The lowest BCUT2D eigenvalue weighted by molar-refractivity contribution is -0.143. The molecule has 0 unspecified atom stereocenters. The average Bonchev–Trinajstić information content (AvgIpc) is 3.11. The minimum absolute atomic E-state index is 0.108. The SMILES string of the molecule is CO[C@@H]1CCC[C@H]1[C@H]1COCCN1C(=O)Cc1ccc(C#N)cc1. The lowest BCUT2D eigenvalue weighted by atomic mass is 9.93. The third-order valence-corrected chi connectivity index (χ3v) is 5.22. The number of hydrogen-bond acceptors (Lipinski definition) is 4. The van der Waals surface area contributed by atoms with E-state index in [0.717, 1.165) is 24.8 Å². The Morgan fingerprint density at radius 1 is 1.38 bits per heavy atom. The molecule has 0 radical (unpaired) electrons. The van der Waals surface area contributed by atoms with Gasteiger partial charge in [0.2, 0.25) is 5.91 Å². The molecule has 1 aliphatic carbocycles. The van der Waals surface area contributed by atoms with Crippen LogP contribution < -0.4 is 0 Å². The molecule has 1 saturated heterocycles. The molecule has 5 heteroatoms. The molecule has 0 spiro atoms. The minimum atomic E-state index is 0.108. The van der Waals surface area contributed by atoms with E-state index in [-0.39, 0.29) is 18.1 Å². The molecular formula is C19H24N2O3. The van der Waals surface area contributed by atoms with Crippen molar-refractivity contribution in [2.24, 2.45) is 5.92 Å². The van der Waals surface area contributed by atoms with E-state index < -0.39 is 0 Å².